The first-order chi connectivity index (χ1) is 28.2. The van der Waals surface area contributed by atoms with Crippen molar-refractivity contribution in [1.29, 1.82) is 0 Å². The lowest BCUT2D eigenvalue weighted by atomic mass is 10.0. The maximum absolute atomic E-state index is 6.52. The summed E-state index contributed by atoms with van der Waals surface area (Å²) in [5.41, 5.74) is 11.2. The normalized spacial score (nSPS) is 11.9. The Labute approximate surface area is 325 Å². The second kappa shape index (κ2) is 12.3. The minimum atomic E-state index is 0.522. The van der Waals surface area contributed by atoms with Gasteiger partial charge in [-0.3, -0.25) is 0 Å². The van der Waals surface area contributed by atoms with Crippen molar-refractivity contribution in [3.05, 3.63) is 182 Å². The molecule has 0 unspecified atom stereocenters. The number of aromatic nitrogens is 4. The highest BCUT2D eigenvalue weighted by atomic mass is 16.3. The Morgan fingerprint density at radius 3 is 1.79 bits per heavy atom. The van der Waals surface area contributed by atoms with Crippen LogP contribution < -0.4 is 0 Å². The molecule has 4 aromatic heterocycles. The zero-order chi connectivity index (χ0) is 37.5. The second-order valence-electron chi connectivity index (χ2n) is 14.4. The summed E-state index contributed by atoms with van der Waals surface area (Å²) in [7, 11) is 0. The highest BCUT2D eigenvalue weighted by molar-refractivity contribution is 6.12. The molecule has 0 fully saturated rings. The van der Waals surface area contributed by atoms with E-state index in [0.717, 1.165) is 77.3 Å². The summed E-state index contributed by atoms with van der Waals surface area (Å²) >= 11 is 0. The summed E-state index contributed by atoms with van der Waals surface area (Å²) in [5, 5.41) is 6.52. The van der Waals surface area contributed by atoms with Gasteiger partial charge in [0.25, 0.3) is 0 Å². The summed E-state index contributed by atoms with van der Waals surface area (Å²) in [4.78, 5) is 15.7. The van der Waals surface area contributed by atoms with Crippen molar-refractivity contribution in [2.75, 3.05) is 0 Å². The van der Waals surface area contributed by atoms with Gasteiger partial charge in [0.05, 0.1) is 22.3 Å². The predicted molar refractivity (Wildman–Crippen MR) is 230 cm³/mol. The van der Waals surface area contributed by atoms with Crippen molar-refractivity contribution in [2.24, 2.45) is 0 Å². The molecule has 266 valence electrons. The van der Waals surface area contributed by atoms with Gasteiger partial charge in [0.15, 0.2) is 17.5 Å². The zero-order valence-corrected chi connectivity index (χ0v) is 30.4. The number of hydrogen-bond donors (Lipinski definition) is 0. The molecular weight excluding hydrogens is 701 g/mol. The lowest BCUT2D eigenvalue weighted by Gasteiger charge is -2.14. The number of fused-ring (bicyclic) bond motifs is 9. The van der Waals surface area contributed by atoms with Gasteiger partial charge in [-0.25, -0.2) is 15.0 Å². The fourth-order valence-electron chi connectivity index (χ4n) is 8.43. The number of nitrogens with zero attached hydrogens (tertiary/aromatic N) is 4. The van der Waals surface area contributed by atoms with Crippen LogP contribution in [0.2, 0.25) is 0 Å². The molecule has 0 bridgehead atoms. The van der Waals surface area contributed by atoms with Crippen molar-refractivity contribution in [1.82, 2.24) is 19.5 Å². The van der Waals surface area contributed by atoms with E-state index in [0.29, 0.717) is 17.5 Å². The molecular formula is C51H30N4O2. The number of furan rings is 2. The summed E-state index contributed by atoms with van der Waals surface area (Å²) < 4.78 is 15.2. The predicted octanol–water partition coefficient (Wildman–Crippen LogP) is 13.4. The standard InChI is InChI=1S/C51H30N4O2/c1-2-13-31(14-3-1)32-26-28-44-41(29-32)34-15-4-8-21-42(34)55(44)43-22-9-5-18-39(43)50-52-49(33-25-27-37-35-16-6-10-23-45(35)56-47(37)30-33)53-51(54-50)40-20-12-19-38-36-17-7-11-24-46(36)57-48(38)40/h1-30H. The highest BCUT2D eigenvalue weighted by Crippen LogP contribution is 2.40. The van der Waals surface area contributed by atoms with Gasteiger partial charge in [-0.2, -0.15) is 0 Å². The molecule has 6 nitrogen and oxygen atoms in total. The first-order valence-corrected chi connectivity index (χ1v) is 19.0. The summed E-state index contributed by atoms with van der Waals surface area (Å²) in [6, 6.07) is 62.8. The first kappa shape index (κ1) is 31.5. The molecule has 0 atom stereocenters. The molecule has 6 heteroatoms. The number of rotatable bonds is 5. The monoisotopic (exact) mass is 730 g/mol. The van der Waals surface area contributed by atoms with E-state index < -0.39 is 0 Å². The van der Waals surface area contributed by atoms with Crippen LogP contribution in [-0.4, -0.2) is 19.5 Å². The van der Waals surface area contributed by atoms with Crippen LogP contribution in [0.4, 0.5) is 0 Å². The SMILES string of the molecule is c1ccc(-c2ccc3c(c2)c2ccccc2n3-c2ccccc2-c2nc(-c3ccc4c(c3)oc3ccccc34)nc(-c3cccc4c3oc3ccccc34)n2)cc1. The van der Waals surface area contributed by atoms with E-state index in [1.807, 2.05) is 60.7 Å². The molecule has 0 spiro atoms. The van der Waals surface area contributed by atoms with Crippen molar-refractivity contribution < 1.29 is 8.83 Å². The van der Waals surface area contributed by atoms with Crippen LogP contribution in [0.5, 0.6) is 0 Å². The third-order valence-electron chi connectivity index (χ3n) is 11.1. The molecule has 8 aromatic carbocycles. The Bertz CT molecular complexity index is 3540. The fourth-order valence-corrected chi connectivity index (χ4v) is 8.43. The minimum Gasteiger partial charge on any atom is -0.456 e. The van der Waals surface area contributed by atoms with Gasteiger partial charge in [-0.05, 0) is 71.8 Å². The van der Waals surface area contributed by atoms with Crippen molar-refractivity contribution in [2.45, 2.75) is 0 Å². The van der Waals surface area contributed by atoms with Crippen molar-refractivity contribution >= 4 is 65.7 Å². The molecule has 0 amide bonds. The van der Waals surface area contributed by atoms with Crippen molar-refractivity contribution in [3.63, 3.8) is 0 Å². The Hall–Kier alpha value is -7.83. The zero-order valence-electron chi connectivity index (χ0n) is 30.4. The van der Waals surface area contributed by atoms with Crippen LogP contribution >= 0.6 is 0 Å². The fraction of sp³-hybridized carbons (Fsp3) is 0. The number of benzene rings is 8. The van der Waals surface area contributed by atoms with Crippen LogP contribution in [0, 0.1) is 0 Å². The molecule has 0 N–H and O–H groups in total. The minimum absolute atomic E-state index is 0.522. The van der Waals surface area contributed by atoms with Crippen LogP contribution in [0.15, 0.2) is 191 Å². The van der Waals surface area contributed by atoms with Crippen molar-refractivity contribution in [3.8, 4) is 51.0 Å². The summed E-state index contributed by atoms with van der Waals surface area (Å²) in [5.74, 6) is 1.61. The van der Waals surface area contributed by atoms with Gasteiger partial charge in [0, 0.05) is 43.4 Å². The average molecular weight is 731 g/mol. The molecule has 0 radical (unpaired) electrons. The molecule has 0 aliphatic carbocycles. The van der Waals surface area contributed by atoms with Crippen LogP contribution in [0.3, 0.4) is 0 Å². The Balaban J connectivity index is 1.11. The Morgan fingerprint density at radius 2 is 0.930 bits per heavy atom. The van der Waals surface area contributed by atoms with Gasteiger partial charge in [0.2, 0.25) is 0 Å². The number of hydrogen-bond acceptors (Lipinski definition) is 5. The van der Waals surface area contributed by atoms with Gasteiger partial charge >= 0.3 is 0 Å². The average Bonchev–Trinajstić information content (AvgIpc) is 3.95. The molecule has 0 saturated carbocycles. The maximum Gasteiger partial charge on any atom is 0.167 e. The Morgan fingerprint density at radius 1 is 0.333 bits per heavy atom. The van der Waals surface area contributed by atoms with E-state index >= 15 is 0 Å². The topological polar surface area (TPSA) is 69.9 Å². The van der Waals surface area contributed by atoms with E-state index in [4.69, 9.17) is 23.8 Å². The third kappa shape index (κ3) is 4.94. The second-order valence-corrected chi connectivity index (χ2v) is 14.4. The van der Waals surface area contributed by atoms with E-state index in [1.165, 1.54) is 21.9 Å². The quantitative estimate of drug-likeness (QED) is 0.176. The summed E-state index contributed by atoms with van der Waals surface area (Å²) in [6.07, 6.45) is 0. The summed E-state index contributed by atoms with van der Waals surface area (Å²) in [6.45, 7) is 0. The van der Waals surface area contributed by atoms with E-state index in [2.05, 4.69) is 126 Å². The van der Waals surface area contributed by atoms with Crippen LogP contribution in [0.25, 0.3) is 117 Å². The molecule has 0 aliphatic heterocycles. The molecule has 4 heterocycles. The Kier molecular flexibility index (Phi) is 6.83. The van der Waals surface area contributed by atoms with Crippen LogP contribution in [-0.2, 0) is 0 Å². The third-order valence-corrected chi connectivity index (χ3v) is 11.1. The lowest BCUT2D eigenvalue weighted by molar-refractivity contribution is 0.668. The smallest absolute Gasteiger partial charge is 0.167 e. The van der Waals surface area contributed by atoms with E-state index in [1.54, 1.807) is 0 Å². The van der Waals surface area contributed by atoms with Crippen LogP contribution in [0.1, 0.15) is 0 Å². The van der Waals surface area contributed by atoms with Gasteiger partial charge in [-0.1, -0.05) is 121 Å². The van der Waals surface area contributed by atoms with E-state index in [9.17, 15) is 0 Å². The molecule has 0 saturated heterocycles. The maximum atomic E-state index is 6.52. The van der Waals surface area contributed by atoms with Gasteiger partial charge in [-0.15, -0.1) is 0 Å². The molecule has 12 rings (SSSR count). The molecule has 0 aliphatic rings. The highest BCUT2D eigenvalue weighted by Gasteiger charge is 2.22. The number of para-hydroxylation sites is 5. The first-order valence-electron chi connectivity index (χ1n) is 19.0. The molecule has 12 aromatic rings. The van der Waals surface area contributed by atoms with Gasteiger partial charge in [0.1, 0.15) is 22.3 Å². The van der Waals surface area contributed by atoms with E-state index in [-0.39, 0.29) is 0 Å². The largest absolute Gasteiger partial charge is 0.456 e. The lowest BCUT2D eigenvalue weighted by Crippen LogP contribution is -2.03. The molecule has 57 heavy (non-hydrogen) atoms. The van der Waals surface area contributed by atoms with Gasteiger partial charge < -0.3 is 13.4 Å².